The van der Waals surface area contributed by atoms with Crippen LogP contribution in [-0.2, 0) is 11.3 Å². The summed E-state index contributed by atoms with van der Waals surface area (Å²) < 4.78 is 26.9. The average Bonchev–Trinajstić information content (AvgIpc) is 3.34. The zero-order valence-electron chi connectivity index (χ0n) is 15.9. The summed E-state index contributed by atoms with van der Waals surface area (Å²) >= 11 is 0. The highest BCUT2D eigenvalue weighted by Gasteiger charge is 2.20. The van der Waals surface area contributed by atoms with Crippen LogP contribution in [0.15, 0.2) is 54.6 Å². The van der Waals surface area contributed by atoms with Crippen molar-refractivity contribution in [1.29, 1.82) is 0 Å². The van der Waals surface area contributed by atoms with Crippen LogP contribution in [0.5, 0.6) is 11.6 Å². The quantitative estimate of drug-likeness (QED) is 0.660. The monoisotopic (exact) mass is 381 g/mol. The molecule has 0 bridgehead atoms. The van der Waals surface area contributed by atoms with Crippen molar-refractivity contribution in [3.8, 4) is 17.3 Å². The maximum Gasteiger partial charge on any atom is 0.227 e. The van der Waals surface area contributed by atoms with E-state index in [4.69, 9.17) is 14.6 Å². The van der Waals surface area contributed by atoms with Gasteiger partial charge in [-0.1, -0.05) is 18.2 Å². The Hall–Kier alpha value is -2.70. The van der Waals surface area contributed by atoms with Crippen molar-refractivity contribution >= 4 is 0 Å². The number of aryl methyl sites for hydroxylation is 1. The summed E-state index contributed by atoms with van der Waals surface area (Å²) in [5, 5.41) is 8.16. The standard InChI is InChI=1S/C22H24FN3O2/c1-16-21(15-24-14-20-8-5-13-27-20)22(28-19-11-9-17(23)10-12-19)26(25-16)18-6-3-2-4-7-18/h2-4,6-7,9-12,20,24H,5,8,13-15H2,1H3. The molecule has 1 atom stereocenters. The van der Waals surface area contributed by atoms with Gasteiger partial charge in [-0.15, -0.1) is 0 Å². The van der Waals surface area contributed by atoms with Crippen LogP contribution in [0.25, 0.3) is 5.69 Å². The molecule has 5 nitrogen and oxygen atoms in total. The van der Waals surface area contributed by atoms with E-state index in [0.717, 1.165) is 42.9 Å². The van der Waals surface area contributed by atoms with Crippen molar-refractivity contribution in [3.05, 3.63) is 71.7 Å². The Morgan fingerprint density at radius 3 is 2.68 bits per heavy atom. The molecule has 1 aliphatic heterocycles. The first-order valence-corrected chi connectivity index (χ1v) is 9.60. The molecule has 1 fully saturated rings. The second-order valence-corrected chi connectivity index (χ2v) is 6.94. The Balaban J connectivity index is 1.61. The average molecular weight is 381 g/mol. The van der Waals surface area contributed by atoms with E-state index in [1.165, 1.54) is 12.1 Å². The van der Waals surface area contributed by atoms with Crippen LogP contribution in [0.3, 0.4) is 0 Å². The lowest BCUT2D eigenvalue weighted by molar-refractivity contribution is 0.110. The molecule has 0 radical (unpaired) electrons. The minimum atomic E-state index is -0.293. The molecule has 28 heavy (non-hydrogen) atoms. The second kappa shape index (κ2) is 8.54. The van der Waals surface area contributed by atoms with Crippen LogP contribution in [-0.4, -0.2) is 29.0 Å². The van der Waals surface area contributed by atoms with Gasteiger partial charge in [0.2, 0.25) is 5.88 Å². The van der Waals surface area contributed by atoms with Gasteiger partial charge < -0.3 is 14.8 Å². The van der Waals surface area contributed by atoms with Gasteiger partial charge in [0.05, 0.1) is 23.0 Å². The first kappa shape index (κ1) is 18.7. The number of hydrogen-bond acceptors (Lipinski definition) is 4. The lowest BCUT2D eigenvalue weighted by Crippen LogP contribution is -2.26. The highest BCUT2D eigenvalue weighted by molar-refractivity contribution is 5.43. The van der Waals surface area contributed by atoms with Gasteiger partial charge in [0.15, 0.2) is 0 Å². The number of rotatable bonds is 7. The summed E-state index contributed by atoms with van der Waals surface area (Å²) in [5.41, 5.74) is 2.78. The zero-order valence-corrected chi connectivity index (χ0v) is 15.9. The summed E-state index contributed by atoms with van der Waals surface area (Å²) in [6.45, 7) is 4.23. The van der Waals surface area contributed by atoms with Crippen LogP contribution < -0.4 is 10.1 Å². The van der Waals surface area contributed by atoms with Crippen molar-refractivity contribution in [1.82, 2.24) is 15.1 Å². The number of nitrogens with one attached hydrogen (secondary N) is 1. The number of aromatic nitrogens is 2. The van der Waals surface area contributed by atoms with Crippen LogP contribution in [0.4, 0.5) is 4.39 Å². The molecule has 2 aromatic carbocycles. The molecule has 146 valence electrons. The predicted molar refractivity (Wildman–Crippen MR) is 105 cm³/mol. The molecule has 1 saturated heterocycles. The Bertz CT molecular complexity index is 904. The van der Waals surface area contributed by atoms with E-state index < -0.39 is 0 Å². The fourth-order valence-corrected chi connectivity index (χ4v) is 3.37. The normalized spacial score (nSPS) is 16.4. The lowest BCUT2D eigenvalue weighted by Gasteiger charge is -2.13. The molecule has 4 rings (SSSR count). The van der Waals surface area contributed by atoms with E-state index in [1.54, 1.807) is 16.8 Å². The van der Waals surface area contributed by atoms with Gasteiger partial charge in [0.25, 0.3) is 0 Å². The summed E-state index contributed by atoms with van der Waals surface area (Å²) in [4.78, 5) is 0. The Labute approximate surface area is 164 Å². The van der Waals surface area contributed by atoms with Crippen molar-refractivity contribution in [2.24, 2.45) is 0 Å². The lowest BCUT2D eigenvalue weighted by atomic mass is 10.2. The highest BCUT2D eigenvalue weighted by atomic mass is 19.1. The first-order valence-electron chi connectivity index (χ1n) is 9.60. The summed E-state index contributed by atoms with van der Waals surface area (Å²) in [6.07, 6.45) is 2.48. The van der Waals surface area contributed by atoms with E-state index in [1.807, 2.05) is 37.3 Å². The number of nitrogens with zero attached hydrogens (tertiary/aromatic N) is 2. The van der Waals surface area contributed by atoms with Crippen molar-refractivity contribution < 1.29 is 13.9 Å². The highest BCUT2D eigenvalue weighted by Crippen LogP contribution is 2.30. The van der Waals surface area contributed by atoms with Crippen LogP contribution >= 0.6 is 0 Å². The van der Waals surface area contributed by atoms with Gasteiger partial charge in [-0.2, -0.15) is 5.10 Å². The van der Waals surface area contributed by atoms with E-state index in [-0.39, 0.29) is 11.9 Å². The molecule has 0 saturated carbocycles. The van der Waals surface area contributed by atoms with Gasteiger partial charge in [0, 0.05) is 19.7 Å². The van der Waals surface area contributed by atoms with E-state index in [0.29, 0.717) is 18.2 Å². The molecule has 3 aromatic rings. The molecule has 1 aromatic heterocycles. The maximum atomic E-state index is 13.3. The molecule has 0 amide bonds. The van der Waals surface area contributed by atoms with Crippen LogP contribution in [0, 0.1) is 12.7 Å². The van der Waals surface area contributed by atoms with E-state index in [2.05, 4.69) is 5.32 Å². The molecule has 1 N–H and O–H groups in total. The number of halogens is 1. The zero-order chi connectivity index (χ0) is 19.3. The van der Waals surface area contributed by atoms with Gasteiger partial charge in [-0.05, 0) is 56.2 Å². The Morgan fingerprint density at radius 1 is 1.18 bits per heavy atom. The third-order valence-corrected chi connectivity index (χ3v) is 4.86. The SMILES string of the molecule is Cc1nn(-c2ccccc2)c(Oc2ccc(F)cc2)c1CNCC1CCCO1. The number of benzene rings is 2. The topological polar surface area (TPSA) is 48.3 Å². The molecule has 2 heterocycles. The minimum absolute atomic E-state index is 0.269. The van der Waals surface area contributed by atoms with Gasteiger partial charge in [-0.3, -0.25) is 0 Å². The molecule has 1 unspecified atom stereocenters. The van der Waals surface area contributed by atoms with E-state index in [9.17, 15) is 4.39 Å². The molecule has 6 heteroatoms. The maximum absolute atomic E-state index is 13.3. The molecular weight excluding hydrogens is 357 g/mol. The van der Waals surface area contributed by atoms with Crippen molar-refractivity contribution in [2.45, 2.75) is 32.4 Å². The molecule has 1 aliphatic rings. The third kappa shape index (κ3) is 4.24. The second-order valence-electron chi connectivity index (χ2n) is 6.94. The number of hydrogen-bond donors (Lipinski definition) is 1. The summed E-state index contributed by atoms with van der Waals surface area (Å²) in [6, 6.07) is 15.9. The fraction of sp³-hybridized carbons (Fsp3) is 0.318. The van der Waals surface area contributed by atoms with E-state index >= 15 is 0 Å². The van der Waals surface area contributed by atoms with Gasteiger partial charge in [0.1, 0.15) is 11.6 Å². The number of para-hydroxylation sites is 1. The predicted octanol–water partition coefficient (Wildman–Crippen LogP) is 4.38. The molecular formula is C22H24FN3O2. The Kier molecular flexibility index (Phi) is 5.69. The van der Waals surface area contributed by atoms with Crippen molar-refractivity contribution in [3.63, 3.8) is 0 Å². The smallest absolute Gasteiger partial charge is 0.227 e. The molecule has 0 aliphatic carbocycles. The van der Waals surface area contributed by atoms with Gasteiger partial charge in [-0.25, -0.2) is 9.07 Å². The van der Waals surface area contributed by atoms with Crippen LogP contribution in [0.2, 0.25) is 0 Å². The Morgan fingerprint density at radius 2 is 1.96 bits per heavy atom. The summed E-state index contributed by atoms with van der Waals surface area (Å²) in [5.74, 6) is 0.910. The molecule has 0 spiro atoms. The fourth-order valence-electron chi connectivity index (χ4n) is 3.37. The summed E-state index contributed by atoms with van der Waals surface area (Å²) in [7, 11) is 0. The van der Waals surface area contributed by atoms with Gasteiger partial charge >= 0.3 is 0 Å². The number of ether oxygens (including phenoxy) is 2. The van der Waals surface area contributed by atoms with Crippen LogP contribution in [0.1, 0.15) is 24.1 Å². The largest absolute Gasteiger partial charge is 0.439 e. The minimum Gasteiger partial charge on any atom is -0.439 e. The first-order chi connectivity index (χ1) is 13.7. The third-order valence-electron chi connectivity index (χ3n) is 4.86. The van der Waals surface area contributed by atoms with Crippen molar-refractivity contribution in [2.75, 3.05) is 13.2 Å².